The molecule has 0 fully saturated rings. The molecule has 0 saturated carbocycles. The van der Waals surface area contributed by atoms with Gasteiger partial charge in [-0.2, -0.15) is 0 Å². The summed E-state index contributed by atoms with van der Waals surface area (Å²) >= 11 is 12.5. The molecule has 1 aromatic carbocycles. The lowest BCUT2D eigenvalue weighted by Crippen LogP contribution is -2.47. The van der Waals surface area contributed by atoms with Crippen molar-refractivity contribution in [2.45, 2.75) is 10.1 Å². The summed E-state index contributed by atoms with van der Waals surface area (Å²) in [6.07, 6.45) is 7.26. The molecule has 0 bridgehead atoms. The molecule has 2 atom stereocenters. The van der Waals surface area contributed by atoms with E-state index < -0.39 is 20.1 Å². The summed E-state index contributed by atoms with van der Waals surface area (Å²) in [5.74, 6) is 0.0721. The molecule has 1 aliphatic rings. The van der Waals surface area contributed by atoms with Crippen LogP contribution in [-0.4, -0.2) is 28.3 Å². The van der Waals surface area contributed by atoms with Gasteiger partial charge in [0.15, 0.2) is 15.8 Å². The first-order valence-corrected chi connectivity index (χ1v) is 11.0. The Kier molecular flexibility index (Phi) is 4.94. The van der Waals surface area contributed by atoms with Gasteiger partial charge < -0.3 is 10.3 Å². The lowest BCUT2D eigenvalue weighted by atomic mass is 9.90. The highest BCUT2D eigenvalue weighted by atomic mass is 35.5. The topological polar surface area (TPSA) is 134 Å². The minimum absolute atomic E-state index is 0.0721. The highest BCUT2D eigenvalue weighted by Crippen LogP contribution is 2.44. The van der Waals surface area contributed by atoms with Crippen molar-refractivity contribution in [2.75, 3.05) is 5.73 Å². The van der Waals surface area contributed by atoms with E-state index in [9.17, 15) is 13.2 Å². The third-order valence-electron chi connectivity index (χ3n) is 4.99. The molecule has 11 heteroatoms. The van der Waals surface area contributed by atoms with Crippen LogP contribution in [0.3, 0.4) is 0 Å². The smallest absolute Gasteiger partial charge is 0.224 e. The monoisotopic (exact) mass is 463 g/mol. The van der Waals surface area contributed by atoms with Gasteiger partial charge in [0.25, 0.3) is 0 Å². The van der Waals surface area contributed by atoms with Gasteiger partial charge in [-0.05, 0) is 23.8 Å². The Hall–Kier alpha value is -2.72. The fourth-order valence-electron chi connectivity index (χ4n) is 3.50. The second-order valence-corrected chi connectivity index (χ2v) is 9.30. The number of fused-ring (bicyclic) bond motifs is 1. The normalized spacial score (nSPS) is 21.6. The van der Waals surface area contributed by atoms with E-state index >= 15 is 0 Å². The maximum Gasteiger partial charge on any atom is 0.224 e. The highest BCUT2D eigenvalue weighted by Gasteiger charge is 2.49. The molecule has 0 amide bonds. The second kappa shape index (κ2) is 7.21. The summed E-state index contributed by atoms with van der Waals surface area (Å²) in [6.45, 7) is 0. The Balaban J connectivity index is 1.89. The number of nitrogen functional groups attached to an aromatic ring is 1. The molecule has 8 nitrogen and oxygen atoms in total. The van der Waals surface area contributed by atoms with Gasteiger partial charge >= 0.3 is 0 Å². The van der Waals surface area contributed by atoms with Crippen molar-refractivity contribution in [3.63, 3.8) is 0 Å². The number of aromatic nitrogens is 3. The number of nitrogens with two attached hydrogens (primary N) is 2. The number of hydrogen-bond donors (Lipinski definition) is 2. The molecule has 4 N–H and O–H groups in total. The van der Waals surface area contributed by atoms with E-state index in [1.54, 1.807) is 35.0 Å². The van der Waals surface area contributed by atoms with E-state index in [0.29, 0.717) is 16.9 Å². The van der Waals surface area contributed by atoms with Crippen LogP contribution in [0.1, 0.15) is 5.56 Å². The van der Waals surface area contributed by atoms with Gasteiger partial charge in [-0.1, -0.05) is 35.9 Å². The minimum Gasteiger partial charge on any atom is -0.383 e. The van der Waals surface area contributed by atoms with E-state index in [0.717, 1.165) is 0 Å². The predicted octanol–water partition coefficient (Wildman–Crippen LogP) is 2.15. The first-order chi connectivity index (χ1) is 14.2. The number of allylic oxidation sites excluding steroid dienone is 3. The van der Waals surface area contributed by atoms with Crippen LogP contribution in [0.4, 0.5) is 5.82 Å². The van der Waals surface area contributed by atoms with E-state index in [1.165, 1.54) is 30.6 Å². The highest BCUT2D eigenvalue weighted by molar-refractivity contribution is 7.90. The second-order valence-electron chi connectivity index (χ2n) is 6.67. The average molecular weight is 464 g/mol. The van der Waals surface area contributed by atoms with Gasteiger partial charge in [0.05, 0.1) is 5.38 Å². The molecule has 2 unspecified atom stereocenters. The summed E-state index contributed by atoms with van der Waals surface area (Å²) in [7, 11) is -4.18. The molecule has 2 heterocycles. The van der Waals surface area contributed by atoms with E-state index in [4.69, 9.17) is 34.1 Å². The lowest BCUT2D eigenvalue weighted by Gasteiger charge is -2.35. The Morgan fingerprint density at radius 2 is 1.83 bits per heavy atom. The summed E-state index contributed by atoms with van der Waals surface area (Å²) < 4.78 is 25.0. The maximum absolute atomic E-state index is 12.6. The maximum atomic E-state index is 12.6. The zero-order valence-corrected chi connectivity index (χ0v) is 17.6. The van der Waals surface area contributed by atoms with Crippen LogP contribution in [0, 0.1) is 0 Å². The average Bonchev–Trinajstić information content (AvgIpc) is 2.70. The summed E-state index contributed by atoms with van der Waals surface area (Å²) in [6, 6.07) is 7.85. The van der Waals surface area contributed by atoms with Gasteiger partial charge in [0.2, 0.25) is 10.0 Å². The Morgan fingerprint density at radius 1 is 1.13 bits per heavy atom. The Morgan fingerprint density at radius 3 is 2.50 bits per heavy atom. The number of pyridine rings is 1. The molecule has 154 valence electrons. The van der Waals surface area contributed by atoms with Crippen LogP contribution in [0.15, 0.2) is 70.9 Å². The van der Waals surface area contributed by atoms with Crippen LogP contribution in [-0.2, 0) is 14.8 Å². The van der Waals surface area contributed by atoms with Crippen LogP contribution < -0.4 is 16.3 Å². The standard InChI is InChI=1S/C19H15Cl2N5O3S/c20-13-2-1-8-19(16(13)21,30(23,28)29)11-3-5-12(6-4-11)26-9-7-14(27)15-17(22)24-10-25-18(15)26/h1-10,16H,(H2,22,24,25)(H2,23,28,29). The Bertz CT molecular complexity index is 1380. The van der Waals surface area contributed by atoms with E-state index in [1.807, 2.05) is 0 Å². The third-order valence-corrected chi connectivity index (χ3v) is 7.71. The first-order valence-electron chi connectivity index (χ1n) is 8.61. The van der Waals surface area contributed by atoms with Crippen molar-refractivity contribution in [1.29, 1.82) is 0 Å². The zero-order chi connectivity index (χ0) is 21.7. The van der Waals surface area contributed by atoms with Gasteiger partial charge in [-0.25, -0.2) is 23.5 Å². The number of anilines is 1. The molecule has 30 heavy (non-hydrogen) atoms. The zero-order valence-electron chi connectivity index (χ0n) is 15.2. The van der Waals surface area contributed by atoms with Gasteiger partial charge in [-0.3, -0.25) is 4.79 Å². The third kappa shape index (κ3) is 3.02. The first kappa shape index (κ1) is 20.5. The van der Waals surface area contributed by atoms with Crippen molar-refractivity contribution in [3.8, 4) is 5.69 Å². The number of benzene rings is 1. The van der Waals surface area contributed by atoms with Gasteiger partial charge in [-0.15, -0.1) is 11.6 Å². The number of nitrogens with zero attached hydrogens (tertiary/aromatic N) is 3. The molecule has 0 radical (unpaired) electrons. The van der Waals surface area contributed by atoms with Crippen molar-refractivity contribution < 1.29 is 8.42 Å². The predicted molar refractivity (Wildman–Crippen MR) is 117 cm³/mol. The largest absolute Gasteiger partial charge is 0.383 e. The number of primary sulfonamides is 1. The number of halogens is 2. The molecule has 0 saturated heterocycles. The van der Waals surface area contributed by atoms with Crippen molar-refractivity contribution in [3.05, 3.63) is 81.9 Å². The van der Waals surface area contributed by atoms with Crippen molar-refractivity contribution >= 4 is 50.1 Å². The summed E-state index contributed by atoms with van der Waals surface area (Å²) in [4.78, 5) is 20.2. The molecule has 0 aliphatic heterocycles. The van der Waals surface area contributed by atoms with Crippen LogP contribution in [0.5, 0.6) is 0 Å². The number of hydrogen-bond acceptors (Lipinski definition) is 6. The quantitative estimate of drug-likeness (QED) is 0.571. The van der Waals surface area contributed by atoms with Crippen LogP contribution in [0.25, 0.3) is 16.7 Å². The molecule has 3 aromatic rings. The fourth-order valence-corrected chi connectivity index (χ4v) is 5.60. The molecular formula is C19H15Cl2N5O3S. The fraction of sp³-hybridized carbons (Fsp3) is 0.105. The lowest BCUT2D eigenvalue weighted by molar-refractivity contribution is 0.560. The molecule has 0 spiro atoms. The van der Waals surface area contributed by atoms with E-state index in [-0.39, 0.29) is 21.7 Å². The molecular weight excluding hydrogens is 449 g/mol. The molecule has 4 rings (SSSR count). The van der Waals surface area contributed by atoms with Crippen molar-refractivity contribution in [2.24, 2.45) is 5.14 Å². The number of rotatable bonds is 3. The van der Waals surface area contributed by atoms with Crippen LogP contribution >= 0.6 is 23.2 Å². The minimum atomic E-state index is -4.18. The molecule has 1 aliphatic carbocycles. The molecule has 2 aromatic heterocycles. The van der Waals surface area contributed by atoms with Gasteiger partial charge in [0, 0.05) is 23.0 Å². The van der Waals surface area contributed by atoms with Crippen LogP contribution in [0.2, 0.25) is 0 Å². The SMILES string of the molecule is Nc1ncnc2c1c(=O)ccn2-c1ccc(C2(S(N)(=O)=O)C=CC=C(Cl)C2Cl)cc1. The summed E-state index contributed by atoms with van der Waals surface area (Å²) in [5, 5.41) is 4.83. The van der Waals surface area contributed by atoms with Crippen molar-refractivity contribution in [1.82, 2.24) is 14.5 Å². The Labute approximate surface area is 181 Å². The van der Waals surface area contributed by atoms with E-state index in [2.05, 4.69) is 9.97 Å². The summed E-state index contributed by atoms with van der Waals surface area (Å²) in [5.41, 5.74) is 6.81. The number of sulfonamides is 1. The number of alkyl halides is 1. The van der Waals surface area contributed by atoms with Gasteiger partial charge in [0.1, 0.15) is 17.5 Å².